The van der Waals surface area contributed by atoms with Gasteiger partial charge in [-0.25, -0.2) is 0 Å². The number of hydrogen-bond acceptors (Lipinski definition) is 4. The maximum atomic E-state index is 12.2. The van der Waals surface area contributed by atoms with Crippen molar-refractivity contribution < 1.29 is 14.3 Å². The van der Waals surface area contributed by atoms with Gasteiger partial charge in [-0.1, -0.05) is 0 Å². The highest BCUT2D eigenvalue weighted by Gasteiger charge is 2.29. The van der Waals surface area contributed by atoms with Gasteiger partial charge < -0.3 is 9.64 Å². The number of amides is 1. The van der Waals surface area contributed by atoms with Gasteiger partial charge in [0.25, 0.3) is 0 Å². The van der Waals surface area contributed by atoms with Crippen molar-refractivity contribution in [2.45, 2.75) is 38.1 Å². The molecule has 0 saturated carbocycles. The van der Waals surface area contributed by atoms with Crippen LogP contribution in [0, 0.1) is 0 Å². The van der Waals surface area contributed by atoms with Crippen LogP contribution in [-0.4, -0.2) is 30.4 Å². The summed E-state index contributed by atoms with van der Waals surface area (Å²) in [5.74, 6) is -0.0961. The maximum Gasteiger partial charge on any atom is 0.305 e. The Kier molecular flexibility index (Phi) is 4.96. The molecule has 1 aliphatic rings. The number of nitrogens with zero attached hydrogens (tertiary/aromatic N) is 1. The van der Waals surface area contributed by atoms with Crippen LogP contribution in [0.15, 0.2) is 16.8 Å². The second-order valence-electron chi connectivity index (χ2n) is 4.73. The average molecular weight is 281 g/mol. The van der Waals surface area contributed by atoms with E-state index in [0.717, 1.165) is 19.4 Å². The van der Waals surface area contributed by atoms with E-state index in [1.165, 1.54) is 12.7 Å². The van der Waals surface area contributed by atoms with Crippen LogP contribution >= 0.6 is 11.3 Å². The van der Waals surface area contributed by atoms with Crippen molar-refractivity contribution in [3.63, 3.8) is 0 Å². The summed E-state index contributed by atoms with van der Waals surface area (Å²) in [5, 5.41) is 4.16. The van der Waals surface area contributed by atoms with E-state index in [2.05, 4.69) is 16.2 Å². The summed E-state index contributed by atoms with van der Waals surface area (Å²) in [6.45, 7) is 0.831. The Hall–Kier alpha value is -1.36. The summed E-state index contributed by atoms with van der Waals surface area (Å²) in [6, 6.07) is 2.33. The van der Waals surface area contributed by atoms with Crippen molar-refractivity contribution in [3.05, 3.63) is 22.4 Å². The zero-order valence-electron chi connectivity index (χ0n) is 11.1. The molecule has 1 amide bonds. The zero-order valence-corrected chi connectivity index (χ0v) is 11.9. The lowest BCUT2D eigenvalue weighted by atomic mass is 10.1. The summed E-state index contributed by atoms with van der Waals surface area (Å²) in [7, 11) is 1.37. The molecule has 1 aromatic rings. The van der Waals surface area contributed by atoms with Crippen LogP contribution in [0.2, 0.25) is 0 Å². The quantitative estimate of drug-likeness (QED) is 0.780. The Labute approximate surface area is 117 Å². The van der Waals surface area contributed by atoms with Gasteiger partial charge in [0.15, 0.2) is 0 Å². The topological polar surface area (TPSA) is 46.6 Å². The third-order valence-corrected chi connectivity index (χ3v) is 4.20. The van der Waals surface area contributed by atoms with E-state index >= 15 is 0 Å². The molecule has 104 valence electrons. The number of thiophene rings is 1. The molecule has 4 nitrogen and oxygen atoms in total. The smallest absolute Gasteiger partial charge is 0.305 e. The van der Waals surface area contributed by atoms with Crippen LogP contribution in [-0.2, 0) is 14.3 Å². The van der Waals surface area contributed by atoms with Crippen LogP contribution in [0.4, 0.5) is 0 Å². The number of likely N-dealkylation sites (tertiary alicyclic amines) is 1. The van der Waals surface area contributed by atoms with Crippen LogP contribution in [0.3, 0.4) is 0 Å². The first-order valence-corrected chi connectivity index (χ1v) is 7.55. The van der Waals surface area contributed by atoms with E-state index in [0.29, 0.717) is 19.3 Å². The Morgan fingerprint density at radius 1 is 1.47 bits per heavy atom. The highest BCUT2D eigenvalue weighted by atomic mass is 32.1. The standard InChI is InChI=1S/C14H19NO3S/c1-18-14(17)6-2-5-13(16)15-8-3-4-12(15)11-7-9-19-10-11/h7,9-10,12H,2-6,8H2,1H3. The average Bonchev–Trinajstić information content (AvgIpc) is 3.08. The Bertz CT molecular complexity index is 430. The Morgan fingerprint density at radius 3 is 3.00 bits per heavy atom. The van der Waals surface area contributed by atoms with Crippen LogP contribution in [0.25, 0.3) is 0 Å². The summed E-state index contributed by atoms with van der Waals surface area (Å²) in [6.07, 6.45) is 3.41. The van der Waals surface area contributed by atoms with Gasteiger partial charge in [0, 0.05) is 19.4 Å². The third-order valence-electron chi connectivity index (χ3n) is 3.50. The number of carbonyl (C=O) groups is 2. The minimum Gasteiger partial charge on any atom is -0.469 e. The van der Waals surface area contributed by atoms with Gasteiger partial charge in [0.2, 0.25) is 5.91 Å². The minimum absolute atomic E-state index is 0.151. The molecular weight excluding hydrogens is 262 g/mol. The van der Waals surface area contributed by atoms with Gasteiger partial charge >= 0.3 is 5.97 Å². The van der Waals surface area contributed by atoms with Crippen LogP contribution in [0.5, 0.6) is 0 Å². The van der Waals surface area contributed by atoms with Gasteiger partial charge in [-0.15, -0.1) is 0 Å². The van der Waals surface area contributed by atoms with Crippen molar-refractivity contribution in [2.75, 3.05) is 13.7 Å². The van der Waals surface area contributed by atoms with Gasteiger partial charge in [-0.05, 0) is 41.7 Å². The molecule has 0 N–H and O–H groups in total. The Morgan fingerprint density at radius 2 is 2.32 bits per heavy atom. The molecule has 1 aromatic heterocycles. The normalized spacial score (nSPS) is 18.6. The lowest BCUT2D eigenvalue weighted by Gasteiger charge is -2.24. The monoisotopic (exact) mass is 281 g/mol. The molecule has 1 unspecified atom stereocenters. The zero-order chi connectivity index (χ0) is 13.7. The molecule has 0 aromatic carbocycles. The highest BCUT2D eigenvalue weighted by molar-refractivity contribution is 7.07. The molecule has 1 fully saturated rings. The SMILES string of the molecule is COC(=O)CCCC(=O)N1CCCC1c1ccsc1. The maximum absolute atomic E-state index is 12.2. The first-order valence-electron chi connectivity index (χ1n) is 6.60. The van der Waals surface area contributed by atoms with E-state index in [1.807, 2.05) is 10.3 Å². The second kappa shape index (κ2) is 6.70. The summed E-state index contributed by atoms with van der Waals surface area (Å²) >= 11 is 1.67. The van der Waals surface area contributed by atoms with Gasteiger partial charge in [-0.2, -0.15) is 11.3 Å². The van der Waals surface area contributed by atoms with Crippen molar-refractivity contribution in [1.82, 2.24) is 4.90 Å². The number of hydrogen-bond donors (Lipinski definition) is 0. The minimum atomic E-state index is -0.247. The number of ether oxygens (including phenoxy) is 1. The first kappa shape index (κ1) is 14.1. The van der Waals surface area contributed by atoms with Gasteiger partial charge in [0.1, 0.15) is 0 Å². The highest BCUT2D eigenvalue weighted by Crippen LogP contribution is 2.33. The van der Waals surface area contributed by atoms with E-state index < -0.39 is 0 Å². The van der Waals surface area contributed by atoms with Gasteiger partial charge in [-0.3, -0.25) is 9.59 Å². The van der Waals surface area contributed by atoms with E-state index in [1.54, 1.807) is 11.3 Å². The number of methoxy groups -OCH3 is 1. The molecule has 5 heteroatoms. The van der Waals surface area contributed by atoms with Crippen molar-refractivity contribution >= 4 is 23.2 Å². The molecule has 1 atom stereocenters. The fourth-order valence-electron chi connectivity index (χ4n) is 2.51. The predicted octanol–water partition coefficient (Wildman–Crippen LogP) is 2.75. The molecule has 0 aliphatic carbocycles. The molecule has 0 spiro atoms. The molecule has 19 heavy (non-hydrogen) atoms. The fourth-order valence-corrected chi connectivity index (χ4v) is 3.21. The molecule has 0 radical (unpaired) electrons. The molecule has 1 saturated heterocycles. The second-order valence-corrected chi connectivity index (χ2v) is 5.51. The number of rotatable bonds is 5. The van der Waals surface area contributed by atoms with E-state index in [-0.39, 0.29) is 17.9 Å². The molecule has 0 bridgehead atoms. The number of esters is 1. The van der Waals surface area contributed by atoms with Crippen molar-refractivity contribution in [2.24, 2.45) is 0 Å². The molecule has 1 aliphatic heterocycles. The Balaban J connectivity index is 1.86. The van der Waals surface area contributed by atoms with Crippen molar-refractivity contribution in [1.29, 1.82) is 0 Å². The summed E-state index contributed by atoms with van der Waals surface area (Å²) in [4.78, 5) is 25.2. The lowest BCUT2D eigenvalue weighted by molar-refractivity contribution is -0.140. The molecular formula is C14H19NO3S. The van der Waals surface area contributed by atoms with Crippen molar-refractivity contribution in [3.8, 4) is 0 Å². The van der Waals surface area contributed by atoms with Crippen LogP contribution in [0.1, 0.15) is 43.7 Å². The predicted molar refractivity (Wildman–Crippen MR) is 73.9 cm³/mol. The van der Waals surface area contributed by atoms with Crippen LogP contribution < -0.4 is 0 Å². The van der Waals surface area contributed by atoms with E-state index in [4.69, 9.17) is 0 Å². The van der Waals surface area contributed by atoms with Gasteiger partial charge in [0.05, 0.1) is 13.2 Å². The summed E-state index contributed by atoms with van der Waals surface area (Å²) in [5.41, 5.74) is 1.24. The largest absolute Gasteiger partial charge is 0.469 e. The lowest BCUT2D eigenvalue weighted by Crippen LogP contribution is -2.30. The summed E-state index contributed by atoms with van der Waals surface area (Å²) < 4.78 is 4.58. The molecule has 2 heterocycles. The first-order chi connectivity index (χ1) is 9.22. The number of carbonyl (C=O) groups excluding carboxylic acids is 2. The molecule has 2 rings (SSSR count). The third kappa shape index (κ3) is 3.56. The fraction of sp³-hybridized carbons (Fsp3) is 0.571. The van der Waals surface area contributed by atoms with E-state index in [9.17, 15) is 9.59 Å².